The Morgan fingerprint density at radius 2 is 1.93 bits per heavy atom. The molecule has 0 aromatic heterocycles. The molecule has 0 saturated carbocycles. The third-order valence-electron chi connectivity index (χ3n) is 1.69. The van der Waals surface area contributed by atoms with E-state index < -0.39 is 23.5 Å². The number of hydrogen-bond donors (Lipinski definition) is 2. The van der Waals surface area contributed by atoms with E-state index in [-0.39, 0.29) is 6.61 Å². The van der Waals surface area contributed by atoms with Crippen LogP contribution >= 0.6 is 0 Å². The van der Waals surface area contributed by atoms with Crippen molar-refractivity contribution in [2.75, 3.05) is 6.61 Å². The highest BCUT2D eigenvalue weighted by Gasteiger charge is 2.31. The van der Waals surface area contributed by atoms with Gasteiger partial charge in [0.25, 0.3) is 0 Å². The maximum atomic E-state index is 11.1. The second-order valence-corrected chi connectivity index (χ2v) is 4.07. The topological polar surface area (TPSA) is 81.4 Å². The van der Waals surface area contributed by atoms with E-state index in [1.165, 1.54) is 0 Å². The number of rotatable bonds is 3. The van der Waals surface area contributed by atoms with Gasteiger partial charge in [0.05, 0.1) is 6.61 Å². The Morgan fingerprint density at radius 3 is 2.21 bits per heavy atom. The van der Waals surface area contributed by atoms with Crippen molar-refractivity contribution in [1.29, 1.82) is 0 Å². The molecule has 0 radical (unpaired) electrons. The summed E-state index contributed by atoms with van der Waals surface area (Å²) in [5, 5.41) is 2.42. The Kier molecular flexibility index (Phi) is 4.40. The summed E-state index contributed by atoms with van der Waals surface area (Å²) in [7, 11) is 0. The maximum Gasteiger partial charge on any atom is 0.407 e. The minimum atomic E-state index is -0.721. The molecule has 5 heteroatoms. The molecule has 0 fully saturated rings. The third kappa shape index (κ3) is 4.11. The second kappa shape index (κ2) is 4.83. The van der Waals surface area contributed by atoms with Crippen molar-refractivity contribution in [3.8, 4) is 0 Å². The molecule has 0 rings (SSSR count). The first-order valence-corrected chi connectivity index (χ1v) is 4.51. The van der Waals surface area contributed by atoms with E-state index in [1.807, 2.05) is 20.8 Å². The highest BCUT2D eigenvalue weighted by Crippen LogP contribution is 2.18. The Hall–Kier alpha value is -1.26. The van der Waals surface area contributed by atoms with Gasteiger partial charge in [-0.3, -0.25) is 4.79 Å². The van der Waals surface area contributed by atoms with Crippen LogP contribution in [0.2, 0.25) is 0 Å². The average Bonchev–Trinajstić information content (AvgIpc) is 1.98. The molecule has 14 heavy (non-hydrogen) atoms. The van der Waals surface area contributed by atoms with Crippen molar-refractivity contribution in [1.82, 2.24) is 5.32 Å². The molecule has 0 bridgehead atoms. The molecule has 0 saturated heterocycles. The molecule has 0 aliphatic heterocycles. The van der Waals surface area contributed by atoms with Crippen molar-refractivity contribution >= 4 is 12.0 Å². The van der Waals surface area contributed by atoms with Gasteiger partial charge in [0, 0.05) is 0 Å². The first-order chi connectivity index (χ1) is 6.29. The van der Waals surface area contributed by atoms with Gasteiger partial charge in [-0.2, -0.15) is 0 Å². The van der Waals surface area contributed by atoms with Gasteiger partial charge in [0.1, 0.15) is 6.04 Å². The third-order valence-corrected chi connectivity index (χ3v) is 1.69. The van der Waals surface area contributed by atoms with Crippen LogP contribution in [0, 0.1) is 5.41 Å². The van der Waals surface area contributed by atoms with Gasteiger partial charge in [-0.1, -0.05) is 20.8 Å². The van der Waals surface area contributed by atoms with Gasteiger partial charge in [0.15, 0.2) is 0 Å². The zero-order chi connectivity index (χ0) is 11.4. The molecular weight excluding hydrogens is 184 g/mol. The lowest BCUT2D eigenvalue weighted by molar-refractivity contribution is -0.122. The van der Waals surface area contributed by atoms with Gasteiger partial charge in [-0.05, 0) is 12.3 Å². The summed E-state index contributed by atoms with van der Waals surface area (Å²) in [4.78, 5) is 22.1. The lowest BCUT2D eigenvalue weighted by atomic mass is 9.86. The van der Waals surface area contributed by atoms with Crippen molar-refractivity contribution < 1.29 is 14.3 Å². The van der Waals surface area contributed by atoms with Crippen LogP contribution in [0.3, 0.4) is 0 Å². The molecule has 82 valence electrons. The number of primary amides is 1. The van der Waals surface area contributed by atoms with Crippen LogP contribution in [0.15, 0.2) is 0 Å². The predicted octanol–water partition coefficient (Wildman–Crippen LogP) is 0.632. The molecule has 0 aromatic rings. The van der Waals surface area contributed by atoms with Crippen molar-refractivity contribution in [3.05, 3.63) is 0 Å². The SMILES string of the molecule is CCOC(=O)NC(C(N)=O)C(C)(C)C. The molecule has 0 aliphatic rings. The van der Waals surface area contributed by atoms with Crippen LogP contribution in [-0.2, 0) is 9.53 Å². The monoisotopic (exact) mass is 202 g/mol. The quantitative estimate of drug-likeness (QED) is 0.704. The Morgan fingerprint density at radius 1 is 1.43 bits per heavy atom. The summed E-state index contributed by atoms with van der Waals surface area (Å²) in [5.74, 6) is -0.564. The number of carbonyl (C=O) groups is 2. The van der Waals surface area contributed by atoms with E-state index in [1.54, 1.807) is 6.92 Å². The zero-order valence-corrected chi connectivity index (χ0v) is 9.09. The predicted molar refractivity (Wildman–Crippen MR) is 52.6 cm³/mol. The Balaban J connectivity index is 4.40. The molecular formula is C9H18N2O3. The van der Waals surface area contributed by atoms with Crippen molar-refractivity contribution in [3.63, 3.8) is 0 Å². The fourth-order valence-electron chi connectivity index (χ4n) is 1.01. The van der Waals surface area contributed by atoms with E-state index in [0.717, 1.165) is 0 Å². The molecule has 0 heterocycles. The maximum absolute atomic E-state index is 11.1. The summed E-state index contributed by atoms with van der Waals surface area (Å²) in [6, 6.07) is -0.721. The Bertz CT molecular complexity index is 221. The molecule has 1 unspecified atom stereocenters. The summed E-state index contributed by atoms with van der Waals surface area (Å²) in [5.41, 5.74) is 4.74. The fourth-order valence-corrected chi connectivity index (χ4v) is 1.01. The van der Waals surface area contributed by atoms with Crippen LogP contribution < -0.4 is 11.1 Å². The van der Waals surface area contributed by atoms with Gasteiger partial charge in [-0.15, -0.1) is 0 Å². The summed E-state index contributed by atoms with van der Waals surface area (Å²) < 4.78 is 4.66. The largest absolute Gasteiger partial charge is 0.450 e. The normalized spacial score (nSPS) is 13.1. The molecule has 0 spiro atoms. The molecule has 2 amide bonds. The van der Waals surface area contributed by atoms with Crippen LogP contribution in [-0.4, -0.2) is 24.6 Å². The molecule has 5 nitrogen and oxygen atoms in total. The number of hydrogen-bond acceptors (Lipinski definition) is 3. The van der Waals surface area contributed by atoms with E-state index in [0.29, 0.717) is 0 Å². The number of amides is 2. The van der Waals surface area contributed by atoms with Crippen LogP contribution in [0.1, 0.15) is 27.7 Å². The number of nitrogens with one attached hydrogen (secondary N) is 1. The van der Waals surface area contributed by atoms with Gasteiger partial charge in [-0.25, -0.2) is 4.79 Å². The van der Waals surface area contributed by atoms with Gasteiger partial charge in [0.2, 0.25) is 5.91 Å². The molecule has 0 aromatic carbocycles. The zero-order valence-electron chi connectivity index (χ0n) is 9.09. The standard InChI is InChI=1S/C9H18N2O3/c1-5-14-8(13)11-6(7(10)12)9(2,3)4/h6H,5H2,1-4H3,(H2,10,12)(H,11,13). The second-order valence-electron chi connectivity index (χ2n) is 4.07. The summed E-state index contributed by atoms with van der Waals surface area (Å²) in [6.45, 7) is 7.40. The lowest BCUT2D eigenvalue weighted by Gasteiger charge is -2.28. The molecule has 1 atom stereocenters. The molecule has 0 aliphatic carbocycles. The summed E-state index contributed by atoms with van der Waals surface area (Å²) >= 11 is 0. The van der Waals surface area contributed by atoms with Crippen molar-refractivity contribution in [2.24, 2.45) is 11.1 Å². The summed E-state index contributed by atoms with van der Waals surface area (Å²) in [6.07, 6.45) is -0.619. The fraction of sp³-hybridized carbons (Fsp3) is 0.778. The number of nitrogens with two attached hydrogens (primary N) is 1. The highest BCUT2D eigenvalue weighted by atomic mass is 16.5. The first-order valence-electron chi connectivity index (χ1n) is 4.51. The lowest BCUT2D eigenvalue weighted by Crippen LogP contribution is -2.52. The van der Waals surface area contributed by atoms with E-state index >= 15 is 0 Å². The molecule has 3 N–H and O–H groups in total. The highest BCUT2D eigenvalue weighted by molar-refractivity contribution is 5.84. The average molecular weight is 202 g/mol. The minimum Gasteiger partial charge on any atom is -0.450 e. The van der Waals surface area contributed by atoms with Crippen LogP contribution in [0.4, 0.5) is 4.79 Å². The van der Waals surface area contributed by atoms with Gasteiger partial charge >= 0.3 is 6.09 Å². The van der Waals surface area contributed by atoms with Crippen LogP contribution in [0.25, 0.3) is 0 Å². The van der Waals surface area contributed by atoms with E-state index in [2.05, 4.69) is 10.1 Å². The Labute approximate surface area is 84.0 Å². The van der Waals surface area contributed by atoms with Gasteiger partial charge < -0.3 is 15.8 Å². The number of alkyl carbamates (subject to hydrolysis) is 1. The van der Waals surface area contributed by atoms with E-state index in [4.69, 9.17) is 5.73 Å². The van der Waals surface area contributed by atoms with E-state index in [9.17, 15) is 9.59 Å². The van der Waals surface area contributed by atoms with Crippen molar-refractivity contribution in [2.45, 2.75) is 33.7 Å². The smallest absolute Gasteiger partial charge is 0.407 e. The first kappa shape index (κ1) is 12.7. The number of ether oxygens (including phenoxy) is 1. The minimum absolute atomic E-state index is 0.265. The number of carbonyl (C=O) groups excluding carboxylic acids is 2. The van der Waals surface area contributed by atoms with Crippen LogP contribution in [0.5, 0.6) is 0 Å².